The van der Waals surface area contributed by atoms with Crippen LogP contribution in [0.25, 0.3) is 0 Å². The van der Waals surface area contributed by atoms with Crippen molar-refractivity contribution in [1.29, 1.82) is 0 Å². The number of nitrogens with one attached hydrogen (secondary N) is 2. The average Bonchev–Trinajstić information content (AvgIpc) is 2.54. The summed E-state index contributed by atoms with van der Waals surface area (Å²) in [5, 5.41) is 5.37. The fraction of sp³-hybridized carbons (Fsp3) is 0.235. The molecule has 0 saturated carbocycles. The number of nitrogens with zero attached hydrogens (tertiary/aromatic N) is 1. The monoisotopic (exact) mass is 327 g/mol. The average molecular weight is 327 g/mol. The molecule has 3 rings (SSSR count). The summed E-state index contributed by atoms with van der Waals surface area (Å²) in [5.41, 5.74) is 1.39. The fourth-order valence-electron chi connectivity index (χ4n) is 2.39. The van der Waals surface area contributed by atoms with Crippen molar-refractivity contribution >= 4 is 23.2 Å². The zero-order valence-electron chi connectivity index (χ0n) is 13.5. The van der Waals surface area contributed by atoms with Gasteiger partial charge in [-0.2, -0.15) is 0 Å². The van der Waals surface area contributed by atoms with Gasteiger partial charge in [-0.25, -0.2) is 0 Å². The predicted molar refractivity (Wildman–Crippen MR) is 89.5 cm³/mol. The maximum atomic E-state index is 12.3. The van der Waals surface area contributed by atoms with E-state index in [-0.39, 0.29) is 17.0 Å². The highest BCUT2D eigenvalue weighted by Crippen LogP contribution is 2.32. The maximum absolute atomic E-state index is 12.3. The zero-order valence-corrected chi connectivity index (χ0v) is 13.5. The van der Waals surface area contributed by atoms with E-state index in [9.17, 15) is 14.4 Å². The molecule has 1 aromatic heterocycles. The molecule has 1 aromatic carbocycles. The molecule has 2 N–H and O–H groups in total. The van der Waals surface area contributed by atoms with Gasteiger partial charge in [-0.1, -0.05) is 0 Å². The first kappa shape index (κ1) is 15.8. The van der Waals surface area contributed by atoms with Crippen LogP contribution in [0.15, 0.2) is 35.1 Å². The van der Waals surface area contributed by atoms with Gasteiger partial charge in [0.2, 0.25) is 0 Å². The molecule has 0 saturated heterocycles. The van der Waals surface area contributed by atoms with Crippen LogP contribution in [-0.4, -0.2) is 22.5 Å². The topological polar surface area (TPSA) is 89.4 Å². The number of aromatic nitrogens is 1. The van der Waals surface area contributed by atoms with E-state index in [0.717, 1.165) is 5.69 Å². The number of anilines is 2. The van der Waals surface area contributed by atoms with Crippen molar-refractivity contribution in [3.05, 3.63) is 51.9 Å². The van der Waals surface area contributed by atoms with Gasteiger partial charge in [0.1, 0.15) is 11.3 Å². The number of benzene rings is 1. The number of amides is 2. The summed E-state index contributed by atoms with van der Waals surface area (Å²) in [6.45, 7) is 3.44. The van der Waals surface area contributed by atoms with Crippen LogP contribution in [-0.2, 0) is 11.8 Å². The van der Waals surface area contributed by atoms with Crippen LogP contribution in [0.1, 0.15) is 23.0 Å². The number of rotatable bonds is 2. The Kier molecular flexibility index (Phi) is 3.84. The standard InChI is InChI=1S/C17H17N3O4/c1-9-4-6-12(17(23)20(9)3)16(22)18-11-5-7-14-13(8-11)19-15(21)10(2)24-14/h4-8,10H,1-3H3,(H,18,22)(H,19,21)/t10-/m1/s1. The third kappa shape index (κ3) is 2.76. The molecule has 0 fully saturated rings. The van der Waals surface area contributed by atoms with Gasteiger partial charge in [-0.05, 0) is 44.2 Å². The number of fused-ring (bicyclic) bond motifs is 1. The molecule has 2 aromatic rings. The Hall–Kier alpha value is -3.09. The van der Waals surface area contributed by atoms with Crippen molar-refractivity contribution in [2.24, 2.45) is 7.05 Å². The van der Waals surface area contributed by atoms with E-state index in [1.165, 1.54) is 10.6 Å². The molecule has 7 heteroatoms. The first-order valence-electron chi connectivity index (χ1n) is 7.46. The molecule has 0 spiro atoms. The highest BCUT2D eigenvalue weighted by molar-refractivity contribution is 6.05. The van der Waals surface area contributed by atoms with Gasteiger partial charge in [0.05, 0.1) is 5.69 Å². The Labute approximate surface area is 138 Å². The lowest BCUT2D eigenvalue weighted by Gasteiger charge is -2.23. The van der Waals surface area contributed by atoms with Gasteiger partial charge in [0.15, 0.2) is 6.10 Å². The zero-order chi connectivity index (χ0) is 17.4. The SMILES string of the molecule is Cc1ccc(C(=O)Nc2ccc3c(c2)NC(=O)[C@@H](C)O3)c(=O)n1C. The Morgan fingerprint density at radius 1 is 1.25 bits per heavy atom. The second kappa shape index (κ2) is 5.84. The van der Waals surface area contributed by atoms with E-state index < -0.39 is 12.0 Å². The number of ether oxygens (including phenoxy) is 1. The minimum Gasteiger partial charge on any atom is -0.479 e. The molecule has 0 unspecified atom stereocenters. The van der Waals surface area contributed by atoms with Crippen LogP contribution < -0.4 is 20.9 Å². The van der Waals surface area contributed by atoms with Crippen LogP contribution in [0, 0.1) is 6.92 Å². The molecule has 0 bridgehead atoms. The summed E-state index contributed by atoms with van der Waals surface area (Å²) in [4.78, 5) is 36.2. The number of carbonyl (C=O) groups excluding carboxylic acids is 2. The summed E-state index contributed by atoms with van der Waals surface area (Å²) in [6, 6.07) is 8.11. The second-order valence-electron chi connectivity index (χ2n) is 5.67. The molecule has 1 atom stereocenters. The normalized spacial score (nSPS) is 16.0. The van der Waals surface area contributed by atoms with Crippen molar-refractivity contribution in [2.45, 2.75) is 20.0 Å². The summed E-state index contributed by atoms with van der Waals surface area (Å²) in [7, 11) is 1.61. The van der Waals surface area contributed by atoms with Crippen LogP contribution >= 0.6 is 0 Å². The number of pyridine rings is 1. The van der Waals surface area contributed by atoms with Gasteiger partial charge in [-0.15, -0.1) is 0 Å². The van der Waals surface area contributed by atoms with Crippen molar-refractivity contribution in [3.63, 3.8) is 0 Å². The van der Waals surface area contributed by atoms with Crippen molar-refractivity contribution < 1.29 is 14.3 Å². The number of hydrogen-bond donors (Lipinski definition) is 2. The van der Waals surface area contributed by atoms with E-state index >= 15 is 0 Å². The van der Waals surface area contributed by atoms with Crippen LogP contribution in [0.5, 0.6) is 5.75 Å². The van der Waals surface area contributed by atoms with Crippen molar-refractivity contribution in [1.82, 2.24) is 4.57 Å². The van der Waals surface area contributed by atoms with E-state index in [4.69, 9.17) is 4.74 Å². The molecular formula is C17H17N3O4. The maximum Gasteiger partial charge on any atom is 0.265 e. The van der Waals surface area contributed by atoms with E-state index in [0.29, 0.717) is 17.1 Å². The summed E-state index contributed by atoms with van der Waals surface area (Å²) < 4.78 is 6.87. The first-order chi connectivity index (χ1) is 11.4. The summed E-state index contributed by atoms with van der Waals surface area (Å²) in [6.07, 6.45) is -0.562. The molecule has 7 nitrogen and oxygen atoms in total. The minimum absolute atomic E-state index is 0.0507. The van der Waals surface area contributed by atoms with Gasteiger partial charge < -0.3 is 19.9 Å². The van der Waals surface area contributed by atoms with E-state index in [1.807, 2.05) is 0 Å². The lowest BCUT2D eigenvalue weighted by molar-refractivity contribution is -0.122. The Morgan fingerprint density at radius 2 is 2.00 bits per heavy atom. The number of aryl methyl sites for hydroxylation is 1. The highest BCUT2D eigenvalue weighted by atomic mass is 16.5. The quantitative estimate of drug-likeness (QED) is 0.878. The third-order valence-electron chi connectivity index (χ3n) is 3.97. The molecule has 2 heterocycles. The largest absolute Gasteiger partial charge is 0.479 e. The molecule has 0 aliphatic carbocycles. The molecule has 2 amide bonds. The summed E-state index contributed by atoms with van der Waals surface area (Å²) >= 11 is 0. The first-order valence-corrected chi connectivity index (χ1v) is 7.46. The Bertz CT molecular complexity index is 901. The van der Waals surface area contributed by atoms with E-state index in [2.05, 4.69) is 10.6 Å². The molecular weight excluding hydrogens is 310 g/mol. The van der Waals surface area contributed by atoms with Gasteiger partial charge in [-0.3, -0.25) is 14.4 Å². The van der Waals surface area contributed by atoms with Crippen molar-refractivity contribution in [3.8, 4) is 5.75 Å². The lowest BCUT2D eigenvalue weighted by Crippen LogP contribution is -2.34. The summed E-state index contributed by atoms with van der Waals surface area (Å²) in [5.74, 6) is -0.225. The Morgan fingerprint density at radius 3 is 2.75 bits per heavy atom. The fourth-order valence-corrected chi connectivity index (χ4v) is 2.39. The van der Waals surface area contributed by atoms with Gasteiger partial charge in [0.25, 0.3) is 17.4 Å². The highest BCUT2D eigenvalue weighted by Gasteiger charge is 2.24. The Balaban J connectivity index is 1.86. The second-order valence-corrected chi connectivity index (χ2v) is 5.67. The van der Waals surface area contributed by atoms with E-state index in [1.54, 1.807) is 45.2 Å². The van der Waals surface area contributed by atoms with Crippen molar-refractivity contribution in [2.75, 3.05) is 10.6 Å². The number of hydrogen-bond acceptors (Lipinski definition) is 4. The molecule has 0 radical (unpaired) electrons. The number of carbonyl (C=O) groups is 2. The van der Waals surface area contributed by atoms with Crippen LogP contribution in [0.4, 0.5) is 11.4 Å². The minimum atomic E-state index is -0.562. The van der Waals surface area contributed by atoms with Gasteiger partial charge >= 0.3 is 0 Å². The van der Waals surface area contributed by atoms with Crippen LogP contribution in [0.2, 0.25) is 0 Å². The van der Waals surface area contributed by atoms with Gasteiger partial charge in [0, 0.05) is 18.4 Å². The molecule has 1 aliphatic heterocycles. The predicted octanol–water partition coefficient (Wildman–Crippen LogP) is 1.67. The molecule has 1 aliphatic rings. The van der Waals surface area contributed by atoms with Crippen LogP contribution in [0.3, 0.4) is 0 Å². The lowest BCUT2D eigenvalue weighted by atomic mass is 10.2. The molecule has 124 valence electrons. The molecule has 24 heavy (non-hydrogen) atoms. The third-order valence-corrected chi connectivity index (χ3v) is 3.97. The smallest absolute Gasteiger partial charge is 0.265 e.